The minimum atomic E-state index is -0.856. The summed E-state index contributed by atoms with van der Waals surface area (Å²) in [5, 5.41) is 17.3. The van der Waals surface area contributed by atoms with Crippen LogP contribution in [0.4, 0.5) is 0 Å². The average molecular weight is 373 g/mol. The van der Waals surface area contributed by atoms with E-state index in [4.69, 9.17) is 9.47 Å². The molecule has 2 atom stereocenters. The Morgan fingerprint density at radius 3 is 2.54 bits per heavy atom. The molecule has 0 amide bonds. The van der Waals surface area contributed by atoms with E-state index >= 15 is 0 Å². The summed E-state index contributed by atoms with van der Waals surface area (Å²) in [6.07, 6.45) is 1.18. The lowest BCUT2D eigenvalue weighted by Gasteiger charge is -2.33. The molecule has 1 saturated heterocycles. The van der Waals surface area contributed by atoms with Crippen LogP contribution in [0.25, 0.3) is 0 Å². The number of aliphatic hydroxyl groups is 1. The molecular weight excluding hydrogens is 332 g/mol. The molecule has 0 radical (unpaired) electrons. The lowest BCUT2D eigenvalue weighted by Crippen LogP contribution is -2.48. The molecule has 1 aliphatic rings. The number of guanidine groups is 1. The first-order chi connectivity index (χ1) is 12.4. The molecule has 2 unspecified atom stereocenters. The Bertz CT molecular complexity index is 396. The highest BCUT2D eigenvalue weighted by Gasteiger charge is 2.25. The number of ether oxygens (including phenoxy) is 2. The number of nitrogens with zero attached hydrogens (tertiary/aromatic N) is 2. The van der Waals surface area contributed by atoms with Crippen molar-refractivity contribution in [2.75, 3.05) is 59.1 Å². The van der Waals surface area contributed by atoms with E-state index in [2.05, 4.69) is 34.4 Å². The highest BCUT2D eigenvalue weighted by atomic mass is 16.5. The molecule has 7 nitrogen and oxygen atoms in total. The normalized spacial score (nSPS) is 20.0. The van der Waals surface area contributed by atoms with Crippen molar-refractivity contribution < 1.29 is 14.6 Å². The first-order valence-electron chi connectivity index (χ1n) is 10.0. The van der Waals surface area contributed by atoms with Gasteiger partial charge in [0, 0.05) is 39.3 Å². The van der Waals surface area contributed by atoms with E-state index < -0.39 is 5.60 Å². The van der Waals surface area contributed by atoms with Gasteiger partial charge in [-0.25, -0.2) is 0 Å². The van der Waals surface area contributed by atoms with Crippen molar-refractivity contribution in [3.63, 3.8) is 0 Å². The van der Waals surface area contributed by atoms with E-state index in [-0.39, 0.29) is 6.10 Å². The van der Waals surface area contributed by atoms with Crippen LogP contribution in [-0.4, -0.2) is 86.8 Å². The van der Waals surface area contributed by atoms with E-state index in [1.165, 1.54) is 0 Å². The zero-order chi connectivity index (χ0) is 19.4. The number of nitrogens with one attached hydrogen (secondary N) is 2. The molecule has 26 heavy (non-hydrogen) atoms. The minimum Gasteiger partial charge on any atom is -0.387 e. The van der Waals surface area contributed by atoms with Crippen LogP contribution in [0.1, 0.15) is 41.0 Å². The fourth-order valence-electron chi connectivity index (χ4n) is 3.04. The molecule has 0 saturated carbocycles. The summed E-state index contributed by atoms with van der Waals surface area (Å²) in [5.41, 5.74) is -0.856. The average Bonchev–Trinajstić information content (AvgIpc) is 2.59. The number of rotatable bonds is 11. The predicted molar refractivity (Wildman–Crippen MR) is 107 cm³/mol. The fraction of sp³-hybridized carbons (Fsp3) is 0.947. The Morgan fingerprint density at radius 2 is 1.96 bits per heavy atom. The second kappa shape index (κ2) is 12.5. The highest BCUT2D eigenvalue weighted by Crippen LogP contribution is 2.11. The smallest absolute Gasteiger partial charge is 0.191 e. The molecule has 7 heteroatoms. The van der Waals surface area contributed by atoms with Gasteiger partial charge in [0.25, 0.3) is 0 Å². The lowest BCUT2D eigenvalue weighted by molar-refractivity contribution is -0.0180. The third-order valence-electron chi connectivity index (χ3n) is 4.44. The molecule has 3 N–H and O–H groups in total. The topological polar surface area (TPSA) is 78.4 Å². The maximum atomic E-state index is 10.7. The zero-order valence-electron chi connectivity index (χ0n) is 17.4. The summed E-state index contributed by atoms with van der Waals surface area (Å²) in [4.78, 5) is 6.81. The molecule has 0 bridgehead atoms. The van der Waals surface area contributed by atoms with Gasteiger partial charge in [-0.15, -0.1) is 0 Å². The molecule has 0 aliphatic carbocycles. The van der Waals surface area contributed by atoms with Crippen molar-refractivity contribution >= 4 is 5.96 Å². The van der Waals surface area contributed by atoms with E-state index in [0.717, 1.165) is 58.4 Å². The molecule has 1 aliphatic heterocycles. The van der Waals surface area contributed by atoms with Crippen molar-refractivity contribution in [2.24, 2.45) is 10.9 Å². The first kappa shape index (κ1) is 23.1. The Hall–Kier alpha value is -0.890. The van der Waals surface area contributed by atoms with Crippen LogP contribution in [0.15, 0.2) is 4.99 Å². The molecular formula is C19H40N4O3. The van der Waals surface area contributed by atoms with Gasteiger partial charge in [0.05, 0.1) is 31.5 Å². The largest absolute Gasteiger partial charge is 0.387 e. The summed E-state index contributed by atoms with van der Waals surface area (Å²) in [7, 11) is 0. The third kappa shape index (κ3) is 9.71. The van der Waals surface area contributed by atoms with Gasteiger partial charge in [0.2, 0.25) is 0 Å². The summed E-state index contributed by atoms with van der Waals surface area (Å²) >= 11 is 0. The highest BCUT2D eigenvalue weighted by molar-refractivity contribution is 5.79. The zero-order valence-corrected chi connectivity index (χ0v) is 17.4. The number of hydrogen-bond acceptors (Lipinski definition) is 5. The molecule has 1 rings (SSSR count). The summed E-state index contributed by atoms with van der Waals surface area (Å²) in [6.45, 7) is 16.8. The molecule has 1 fully saturated rings. The van der Waals surface area contributed by atoms with Crippen LogP contribution < -0.4 is 10.6 Å². The van der Waals surface area contributed by atoms with Crippen molar-refractivity contribution in [3.05, 3.63) is 0 Å². The Balaban J connectivity index is 2.47. The van der Waals surface area contributed by atoms with Gasteiger partial charge >= 0.3 is 0 Å². The quantitative estimate of drug-likeness (QED) is 0.372. The van der Waals surface area contributed by atoms with E-state index in [1.807, 2.05) is 20.8 Å². The van der Waals surface area contributed by atoms with Gasteiger partial charge in [-0.3, -0.25) is 9.89 Å². The van der Waals surface area contributed by atoms with Crippen LogP contribution in [-0.2, 0) is 9.47 Å². The van der Waals surface area contributed by atoms with Crippen molar-refractivity contribution in [3.8, 4) is 0 Å². The molecule has 154 valence electrons. The standard InChI is InChI=1S/C19H40N4O3/c1-6-20-18(21-9-8-17(16(3)4)26-7-2)22-14-19(5,24)15-23-10-12-25-13-11-23/h16-17,24H,6-15H2,1-5H3,(H2,20,21,22). The van der Waals surface area contributed by atoms with Crippen LogP contribution >= 0.6 is 0 Å². The summed E-state index contributed by atoms with van der Waals surface area (Å²) < 4.78 is 11.1. The van der Waals surface area contributed by atoms with Gasteiger partial charge in [0.1, 0.15) is 0 Å². The second-order valence-corrected chi connectivity index (χ2v) is 7.53. The maximum absolute atomic E-state index is 10.7. The van der Waals surface area contributed by atoms with E-state index in [0.29, 0.717) is 19.0 Å². The van der Waals surface area contributed by atoms with E-state index in [1.54, 1.807) is 0 Å². The van der Waals surface area contributed by atoms with Gasteiger partial charge in [-0.05, 0) is 33.1 Å². The Morgan fingerprint density at radius 1 is 1.27 bits per heavy atom. The maximum Gasteiger partial charge on any atom is 0.191 e. The third-order valence-corrected chi connectivity index (χ3v) is 4.44. The van der Waals surface area contributed by atoms with Crippen molar-refractivity contribution in [1.82, 2.24) is 15.5 Å². The van der Waals surface area contributed by atoms with Gasteiger partial charge in [0.15, 0.2) is 5.96 Å². The lowest BCUT2D eigenvalue weighted by atomic mass is 10.0. The van der Waals surface area contributed by atoms with Crippen LogP contribution in [0, 0.1) is 5.92 Å². The Kier molecular flexibility index (Phi) is 11.1. The summed E-state index contributed by atoms with van der Waals surface area (Å²) in [6, 6.07) is 0. The predicted octanol–water partition coefficient (Wildman–Crippen LogP) is 1.08. The molecule has 0 aromatic carbocycles. The molecule has 0 spiro atoms. The number of aliphatic imine (C=N–C) groups is 1. The SMILES string of the molecule is CCNC(=NCC(C)(O)CN1CCOCC1)NCCC(OCC)C(C)C. The number of hydrogen-bond donors (Lipinski definition) is 3. The second-order valence-electron chi connectivity index (χ2n) is 7.53. The minimum absolute atomic E-state index is 0.250. The van der Waals surface area contributed by atoms with Gasteiger partial charge < -0.3 is 25.2 Å². The van der Waals surface area contributed by atoms with Gasteiger partial charge in [-0.1, -0.05) is 13.8 Å². The monoisotopic (exact) mass is 372 g/mol. The summed E-state index contributed by atoms with van der Waals surface area (Å²) in [5.74, 6) is 1.24. The molecule has 1 heterocycles. The van der Waals surface area contributed by atoms with E-state index in [9.17, 15) is 5.11 Å². The van der Waals surface area contributed by atoms with Crippen molar-refractivity contribution in [1.29, 1.82) is 0 Å². The fourth-order valence-corrected chi connectivity index (χ4v) is 3.04. The van der Waals surface area contributed by atoms with Crippen LogP contribution in [0.2, 0.25) is 0 Å². The van der Waals surface area contributed by atoms with Gasteiger partial charge in [-0.2, -0.15) is 0 Å². The van der Waals surface area contributed by atoms with Crippen LogP contribution in [0.5, 0.6) is 0 Å². The number of β-amino-alcohol motifs (C(OH)–C–C–N with tert-alkyl or cyclic N) is 1. The molecule has 0 aromatic heterocycles. The Labute approximate surface area is 159 Å². The first-order valence-corrected chi connectivity index (χ1v) is 10.0. The van der Waals surface area contributed by atoms with Crippen LogP contribution in [0.3, 0.4) is 0 Å². The molecule has 0 aromatic rings. The number of morpholine rings is 1. The van der Waals surface area contributed by atoms with Crippen molar-refractivity contribution in [2.45, 2.75) is 52.7 Å².